The van der Waals surface area contributed by atoms with Gasteiger partial charge in [0.1, 0.15) is 12.4 Å². The van der Waals surface area contributed by atoms with Crippen LogP contribution in [0.4, 0.5) is 14.7 Å². The molecule has 0 bridgehead atoms. The Labute approximate surface area is 164 Å². The highest BCUT2D eigenvalue weighted by molar-refractivity contribution is 6.30. The predicted octanol–water partition coefficient (Wildman–Crippen LogP) is 4.60. The zero-order chi connectivity index (χ0) is 19.7. The average molecular weight is 405 g/mol. The zero-order valence-electron chi connectivity index (χ0n) is 14.6. The van der Waals surface area contributed by atoms with Crippen molar-refractivity contribution in [2.24, 2.45) is 0 Å². The number of allylic oxidation sites excluding steroid dienone is 1. The lowest BCUT2D eigenvalue weighted by Crippen LogP contribution is -2.20. The molecule has 1 N–H and O–H groups in total. The van der Waals surface area contributed by atoms with Crippen molar-refractivity contribution in [1.82, 2.24) is 14.8 Å². The minimum Gasteiger partial charge on any atom is -0.493 e. The topological polar surface area (TPSA) is 61.2 Å². The molecule has 0 fully saturated rings. The second kappa shape index (κ2) is 7.47. The molecule has 9 heteroatoms. The Balaban J connectivity index is 1.76. The second-order valence-electron chi connectivity index (χ2n) is 5.97. The molecule has 6 nitrogen and oxygen atoms in total. The van der Waals surface area contributed by atoms with Gasteiger partial charge in [-0.05, 0) is 41.5 Å². The third kappa shape index (κ3) is 3.50. The Kier molecular flexibility index (Phi) is 4.87. The summed E-state index contributed by atoms with van der Waals surface area (Å²) < 4.78 is 36.6. The highest BCUT2D eigenvalue weighted by Gasteiger charge is 2.24. The minimum atomic E-state index is -2.93. The Hall–Kier alpha value is -3.13. The molecule has 4 rings (SSSR count). The number of anilines is 1. The van der Waals surface area contributed by atoms with E-state index in [1.54, 1.807) is 28.9 Å². The normalized spacial score (nSPS) is 15.6. The molecular weight excluding hydrogens is 390 g/mol. The van der Waals surface area contributed by atoms with E-state index in [-0.39, 0.29) is 17.5 Å². The van der Waals surface area contributed by atoms with Gasteiger partial charge in [0.05, 0.1) is 7.11 Å². The van der Waals surface area contributed by atoms with Crippen LogP contribution in [0.5, 0.6) is 11.5 Å². The third-order valence-corrected chi connectivity index (χ3v) is 4.56. The molecule has 0 radical (unpaired) electrons. The highest BCUT2D eigenvalue weighted by atomic mass is 35.5. The molecule has 2 aromatic carbocycles. The summed E-state index contributed by atoms with van der Waals surface area (Å²) in [4.78, 5) is 4.24. The van der Waals surface area contributed by atoms with Crippen LogP contribution >= 0.6 is 11.6 Å². The smallest absolute Gasteiger partial charge is 0.387 e. The average Bonchev–Trinajstić information content (AvgIpc) is 3.16. The van der Waals surface area contributed by atoms with Crippen LogP contribution in [-0.2, 0) is 0 Å². The van der Waals surface area contributed by atoms with E-state index in [0.717, 1.165) is 16.8 Å². The van der Waals surface area contributed by atoms with E-state index in [9.17, 15) is 8.78 Å². The molecule has 1 unspecified atom stereocenters. The van der Waals surface area contributed by atoms with Gasteiger partial charge in [-0.1, -0.05) is 29.8 Å². The van der Waals surface area contributed by atoms with Crippen LogP contribution in [0.1, 0.15) is 17.2 Å². The van der Waals surface area contributed by atoms with Gasteiger partial charge in [0.15, 0.2) is 11.5 Å². The predicted molar refractivity (Wildman–Crippen MR) is 101 cm³/mol. The van der Waals surface area contributed by atoms with Crippen molar-refractivity contribution >= 4 is 23.2 Å². The molecule has 0 saturated heterocycles. The van der Waals surface area contributed by atoms with E-state index < -0.39 is 6.61 Å². The van der Waals surface area contributed by atoms with E-state index in [1.165, 1.54) is 19.5 Å². The maximum absolute atomic E-state index is 12.6. The molecule has 0 amide bonds. The summed E-state index contributed by atoms with van der Waals surface area (Å²) in [6.07, 6.45) is 3.41. The van der Waals surface area contributed by atoms with Crippen LogP contribution < -0.4 is 14.8 Å². The lowest BCUT2D eigenvalue weighted by molar-refractivity contribution is -0.0512. The summed E-state index contributed by atoms with van der Waals surface area (Å²) in [5.74, 6) is 0.736. The summed E-state index contributed by atoms with van der Waals surface area (Å²) in [6.45, 7) is -2.93. The van der Waals surface area contributed by atoms with Gasteiger partial charge in [-0.15, -0.1) is 0 Å². The van der Waals surface area contributed by atoms with Crippen molar-refractivity contribution in [2.75, 3.05) is 12.4 Å². The SMILES string of the molecule is COc1cc(C2C=C(c3ccc(Cl)cc3)Nc3ncnn32)ccc1OC(F)F. The number of halogens is 3. The molecule has 3 aromatic rings. The Morgan fingerprint density at radius 2 is 1.93 bits per heavy atom. The number of hydrogen-bond acceptors (Lipinski definition) is 5. The van der Waals surface area contributed by atoms with E-state index in [4.69, 9.17) is 16.3 Å². The second-order valence-corrected chi connectivity index (χ2v) is 6.41. The summed E-state index contributed by atoms with van der Waals surface area (Å²) >= 11 is 5.98. The van der Waals surface area contributed by atoms with Crippen LogP contribution in [0, 0.1) is 0 Å². The van der Waals surface area contributed by atoms with Gasteiger partial charge in [0.2, 0.25) is 5.95 Å². The standard InChI is InChI=1S/C19H15ClF2N4O2/c1-27-17-8-12(4-7-16(17)28-18(21)22)15-9-14(11-2-5-13(20)6-3-11)25-19-23-10-24-26(15)19/h2-10,15,18H,1H3,(H,23,24,25). The van der Waals surface area contributed by atoms with Crippen LogP contribution in [0.25, 0.3) is 5.70 Å². The van der Waals surface area contributed by atoms with Crippen molar-refractivity contribution in [2.45, 2.75) is 12.7 Å². The molecule has 144 valence electrons. The summed E-state index contributed by atoms with van der Waals surface area (Å²) in [5.41, 5.74) is 2.53. The number of fused-ring (bicyclic) bond motifs is 1. The van der Waals surface area contributed by atoms with E-state index in [1.807, 2.05) is 18.2 Å². The number of aromatic nitrogens is 3. The molecule has 1 atom stereocenters. The van der Waals surface area contributed by atoms with Crippen molar-refractivity contribution in [1.29, 1.82) is 0 Å². The molecule has 1 aromatic heterocycles. The summed E-state index contributed by atoms with van der Waals surface area (Å²) in [7, 11) is 1.40. The number of nitrogens with one attached hydrogen (secondary N) is 1. The number of methoxy groups -OCH3 is 1. The van der Waals surface area contributed by atoms with E-state index in [0.29, 0.717) is 11.0 Å². The summed E-state index contributed by atoms with van der Waals surface area (Å²) in [5, 5.41) is 8.14. The number of hydrogen-bond donors (Lipinski definition) is 1. The quantitative estimate of drug-likeness (QED) is 0.673. The molecule has 1 aliphatic heterocycles. The summed E-state index contributed by atoms with van der Waals surface area (Å²) in [6, 6.07) is 11.9. The van der Waals surface area contributed by atoms with Crippen molar-refractivity contribution in [3.05, 3.63) is 71.0 Å². The van der Waals surface area contributed by atoms with Gasteiger partial charge in [0, 0.05) is 10.7 Å². The molecule has 2 heterocycles. The maximum atomic E-state index is 12.6. The van der Waals surface area contributed by atoms with E-state index in [2.05, 4.69) is 20.1 Å². The Morgan fingerprint density at radius 3 is 2.64 bits per heavy atom. The third-order valence-electron chi connectivity index (χ3n) is 4.31. The van der Waals surface area contributed by atoms with Crippen LogP contribution in [0.3, 0.4) is 0 Å². The van der Waals surface area contributed by atoms with Crippen molar-refractivity contribution in [3.8, 4) is 11.5 Å². The van der Waals surface area contributed by atoms with Crippen LogP contribution in [0.15, 0.2) is 54.9 Å². The van der Waals surface area contributed by atoms with Gasteiger partial charge in [-0.2, -0.15) is 18.9 Å². The first-order chi connectivity index (χ1) is 13.5. The lowest BCUT2D eigenvalue weighted by atomic mass is 10.0. The highest BCUT2D eigenvalue weighted by Crippen LogP contribution is 2.36. The molecule has 0 spiro atoms. The monoisotopic (exact) mass is 404 g/mol. The molecular formula is C19H15ClF2N4O2. The van der Waals surface area contributed by atoms with Gasteiger partial charge in [0.25, 0.3) is 0 Å². The Bertz CT molecular complexity index is 1020. The molecule has 1 aliphatic rings. The van der Waals surface area contributed by atoms with E-state index >= 15 is 0 Å². The number of ether oxygens (including phenoxy) is 2. The Morgan fingerprint density at radius 1 is 1.14 bits per heavy atom. The molecule has 0 saturated carbocycles. The van der Waals surface area contributed by atoms with Crippen LogP contribution in [0.2, 0.25) is 5.02 Å². The number of benzene rings is 2. The zero-order valence-corrected chi connectivity index (χ0v) is 15.4. The lowest BCUT2D eigenvalue weighted by Gasteiger charge is -2.25. The number of alkyl halides is 2. The number of rotatable bonds is 5. The fourth-order valence-electron chi connectivity index (χ4n) is 3.03. The first-order valence-electron chi connectivity index (χ1n) is 8.32. The maximum Gasteiger partial charge on any atom is 0.387 e. The first kappa shape index (κ1) is 18.2. The van der Waals surface area contributed by atoms with Gasteiger partial charge >= 0.3 is 6.61 Å². The largest absolute Gasteiger partial charge is 0.493 e. The minimum absolute atomic E-state index is 0.0316. The van der Waals surface area contributed by atoms with Gasteiger partial charge < -0.3 is 14.8 Å². The fraction of sp³-hybridized carbons (Fsp3) is 0.158. The first-order valence-corrected chi connectivity index (χ1v) is 8.70. The van der Waals surface area contributed by atoms with Crippen molar-refractivity contribution in [3.63, 3.8) is 0 Å². The van der Waals surface area contributed by atoms with Crippen LogP contribution in [-0.4, -0.2) is 28.5 Å². The van der Waals surface area contributed by atoms with Gasteiger partial charge in [-0.25, -0.2) is 4.68 Å². The van der Waals surface area contributed by atoms with Crippen molar-refractivity contribution < 1.29 is 18.3 Å². The van der Waals surface area contributed by atoms with Gasteiger partial charge in [-0.3, -0.25) is 0 Å². The number of nitrogens with zero attached hydrogens (tertiary/aromatic N) is 3. The molecule has 28 heavy (non-hydrogen) atoms. The fourth-order valence-corrected chi connectivity index (χ4v) is 3.16. The molecule has 0 aliphatic carbocycles.